The number of hydrogen-bond donors (Lipinski definition) is 0. The number of pyridine rings is 1. The van der Waals surface area contributed by atoms with Crippen LogP contribution in [0.4, 0.5) is 0 Å². The summed E-state index contributed by atoms with van der Waals surface area (Å²) < 4.78 is 5.02. The second kappa shape index (κ2) is 13.2. The molecule has 4 nitrogen and oxygen atoms in total. The summed E-state index contributed by atoms with van der Waals surface area (Å²) in [5, 5.41) is 8.53. The van der Waals surface area contributed by atoms with Crippen molar-refractivity contribution >= 4 is 84.7 Å². The minimum absolute atomic E-state index is 0.646. The van der Waals surface area contributed by atoms with Gasteiger partial charge in [0.15, 0.2) is 17.5 Å². The molecule has 12 rings (SSSR count). The van der Waals surface area contributed by atoms with Crippen molar-refractivity contribution in [1.29, 1.82) is 0 Å². The van der Waals surface area contributed by atoms with E-state index in [1.54, 1.807) is 11.3 Å². The fourth-order valence-corrected chi connectivity index (χ4v) is 11.0. The van der Waals surface area contributed by atoms with Gasteiger partial charge >= 0.3 is 0 Å². The Balaban J connectivity index is 1.01. The Morgan fingerprint density at radius 2 is 0.862 bits per heavy atom. The Kier molecular flexibility index (Phi) is 7.55. The average Bonchev–Trinajstić information content (AvgIpc) is 3.88. The third-order valence-corrected chi connectivity index (χ3v) is 13.5. The van der Waals surface area contributed by atoms with Crippen molar-refractivity contribution in [2.24, 2.45) is 0 Å². The van der Waals surface area contributed by atoms with Crippen LogP contribution in [0.5, 0.6) is 0 Å². The van der Waals surface area contributed by atoms with E-state index in [1.165, 1.54) is 62.1 Å². The molecule has 0 atom stereocenters. The van der Waals surface area contributed by atoms with Crippen molar-refractivity contribution in [3.8, 4) is 56.5 Å². The normalized spacial score (nSPS) is 11.8. The molecular weight excluding hydrogens is 745 g/mol. The first-order valence-corrected chi connectivity index (χ1v) is 20.9. The van der Waals surface area contributed by atoms with Gasteiger partial charge in [-0.3, -0.25) is 0 Å². The standard InChI is InChI=1S/C52H30N4S2/c1-3-13-32(14-4-1)47-40-30-29-37-36-20-11-19-35(48(36)58-49(37)46(40)38-17-7-9-22-42(38)53-47)31-25-27-34(28-26-31)51-54-50(33-15-5-2-6-16-33)55-52(56-51)41-21-12-24-44-45(41)39-18-8-10-23-43(39)57-44/h1-30H. The van der Waals surface area contributed by atoms with E-state index >= 15 is 0 Å². The summed E-state index contributed by atoms with van der Waals surface area (Å²) in [5.74, 6) is 1.97. The van der Waals surface area contributed by atoms with Crippen molar-refractivity contribution < 1.29 is 0 Å². The summed E-state index contributed by atoms with van der Waals surface area (Å²) >= 11 is 3.67. The molecular formula is C52H30N4S2. The first kappa shape index (κ1) is 33.1. The quantitative estimate of drug-likeness (QED) is 0.163. The molecule has 58 heavy (non-hydrogen) atoms. The summed E-state index contributed by atoms with van der Waals surface area (Å²) in [6, 6.07) is 64.2. The number of nitrogens with zero attached hydrogens (tertiary/aromatic N) is 4. The number of thiophene rings is 2. The fraction of sp³-hybridized carbons (Fsp3) is 0. The van der Waals surface area contributed by atoms with Crippen LogP contribution >= 0.6 is 22.7 Å². The van der Waals surface area contributed by atoms with Gasteiger partial charge in [-0.25, -0.2) is 19.9 Å². The minimum atomic E-state index is 0.646. The molecule has 0 saturated carbocycles. The van der Waals surface area contributed by atoms with E-state index in [9.17, 15) is 0 Å². The van der Waals surface area contributed by atoms with Crippen LogP contribution in [0.25, 0.3) is 119 Å². The number of hydrogen-bond acceptors (Lipinski definition) is 6. The van der Waals surface area contributed by atoms with Crippen LogP contribution in [-0.2, 0) is 0 Å². The Morgan fingerprint density at radius 3 is 1.67 bits per heavy atom. The van der Waals surface area contributed by atoms with Gasteiger partial charge in [0, 0.05) is 78.8 Å². The molecule has 0 saturated heterocycles. The molecule has 4 heterocycles. The Labute approximate surface area is 341 Å². The molecule has 6 heteroatoms. The summed E-state index contributed by atoms with van der Waals surface area (Å²) in [6.45, 7) is 0. The molecule has 4 aromatic heterocycles. The van der Waals surface area contributed by atoms with Crippen molar-refractivity contribution in [3.05, 3.63) is 182 Å². The molecule has 0 aliphatic carbocycles. The van der Waals surface area contributed by atoms with Gasteiger partial charge in [-0.05, 0) is 29.3 Å². The number of rotatable bonds is 5. The molecule has 0 fully saturated rings. The van der Waals surface area contributed by atoms with Gasteiger partial charge in [-0.2, -0.15) is 0 Å². The highest BCUT2D eigenvalue weighted by Crippen LogP contribution is 2.46. The predicted molar refractivity (Wildman–Crippen MR) is 246 cm³/mol. The summed E-state index contributed by atoms with van der Waals surface area (Å²) in [7, 11) is 0. The van der Waals surface area contributed by atoms with Gasteiger partial charge in [-0.1, -0.05) is 164 Å². The lowest BCUT2D eigenvalue weighted by molar-refractivity contribution is 1.08. The van der Waals surface area contributed by atoms with Crippen molar-refractivity contribution in [2.75, 3.05) is 0 Å². The average molecular weight is 775 g/mol. The zero-order valence-electron chi connectivity index (χ0n) is 30.9. The summed E-state index contributed by atoms with van der Waals surface area (Å²) in [5.41, 5.74) is 8.40. The van der Waals surface area contributed by atoms with E-state index in [0.29, 0.717) is 17.5 Å². The zero-order chi connectivity index (χ0) is 38.2. The highest BCUT2D eigenvalue weighted by atomic mass is 32.1. The van der Waals surface area contributed by atoms with E-state index in [1.807, 2.05) is 29.5 Å². The molecule has 0 aliphatic heterocycles. The topological polar surface area (TPSA) is 51.6 Å². The highest BCUT2D eigenvalue weighted by molar-refractivity contribution is 7.27. The van der Waals surface area contributed by atoms with Crippen molar-refractivity contribution in [1.82, 2.24) is 19.9 Å². The fourth-order valence-electron chi connectivity index (χ4n) is 8.43. The largest absolute Gasteiger partial charge is 0.247 e. The van der Waals surface area contributed by atoms with Gasteiger partial charge in [0.1, 0.15) is 0 Å². The second-order valence-electron chi connectivity index (χ2n) is 14.5. The van der Waals surface area contributed by atoms with Gasteiger partial charge < -0.3 is 0 Å². The van der Waals surface area contributed by atoms with E-state index in [2.05, 4.69) is 164 Å². The number of aromatic nitrogens is 4. The molecule has 270 valence electrons. The van der Waals surface area contributed by atoms with E-state index in [-0.39, 0.29) is 0 Å². The smallest absolute Gasteiger partial charge is 0.164 e. The zero-order valence-corrected chi connectivity index (χ0v) is 32.6. The molecule has 8 aromatic carbocycles. The molecule has 0 amide bonds. The SMILES string of the molecule is c1ccc(-c2nc(-c3ccc(-c4cccc5c4sc4c5ccc5c(-c6ccccc6)nc6ccccc6c54)cc3)nc(-c3cccc4sc5ccccc5c34)n2)cc1. The van der Waals surface area contributed by atoms with Crippen LogP contribution in [-0.4, -0.2) is 19.9 Å². The van der Waals surface area contributed by atoms with Crippen LogP contribution in [0.2, 0.25) is 0 Å². The van der Waals surface area contributed by atoms with Gasteiger partial charge in [0.25, 0.3) is 0 Å². The van der Waals surface area contributed by atoms with E-state index < -0.39 is 0 Å². The lowest BCUT2D eigenvalue weighted by Gasteiger charge is -2.11. The monoisotopic (exact) mass is 774 g/mol. The highest BCUT2D eigenvalue weighted by Gasteiger charge is 2.19. The van der Waals surface area contributed by atoms with E-state index in [4.69, 9.17) is 19.9 Å². The predicted octanol–water partition coefficient (Wildman–Crippen LogP) is 14.6. The lowest BCUT2D eigenvalue weighted by atomic mass is 9.97. The van der Waals surface area contributed by atoms with Gasteiger partial charge in [0.05, 0.1) is 11.2 Å². The molecule has 0 radical (unpaired) electrons. The van der Waals surface area contributed by atoms with E-state index in [0.717, 1.165) is 39.0 Å². The maximum atomic E-state index is 5.19. The third-order valence-electron chi connectivity index (χ3n) is 11.1. The van der Waals surface area contributed by atoms with Gasteiger partial charge in [0.2, 0.25) is 0 Å². The molecule has 0 spiro atoms. The Hall–Kier alpha value is -7.12. The summed E-state index contributed by atoms with van der Waals surface area (Å²) in [4.78, 5) is 20.5. The van der Waals surface area contributed by atoms with Crippen molar-refractivity contribution in [3.63, 3.8) is 0 Å². The van der Waals surface area contributed by atoms with Crippen molar-refractivity contribution in [2.45, 2.75) is 0 Å². The number of para-hydroxylation sites is 1. The maximum Gasteiger partial charge on any atom is 0.164 e. The van der Waals surface area contributed by atoms with Crippen LogP contribution in [0.1, 0.15) is 0 Å². The molecule has 0 N–H and O–H groups in total. The minimum Gasteiger partial charge on any atom is -0.247 e. The summed E-state index contributed by atoms with van der Waals surface area (Å²) in [6.07, 6.45) is 0. The third kappa shape index (κ3) is 5.27. The first-order valence-electron chi connectivity index (χ1n) is 19.3. The van der Waals surface area contributed by atoms with Crippen LogP contribution in [0.15, 0.2) is 182 Å². The molecule has 12 aromatic rings. The Bertz CT molecular complexity index is 3560. The first-order chi connectivity index (χ1) is 28.7. The number of benzene rings is 8. The Morgan fingerprint density at radius 1 is 0.293 bits per heavy atom. The van der Waals surface area contributed by atoms with Crippen LogP contribution in [0, 0.1) is 0 Å². The molecule has 0 bridgehead atoms. The second-order valence-corrected chi connectivity index (χ2v) is 16.6. The maximum absolute atomic E-state index is 5.19. The molecule has 0 aliphatic rings. The van der Waals surface area contributed by atoms with Gasteiger partial charge in [-0.15, -0.1) is 22.7 Å². The lowest BCUT2D eigenvalue weighted by Crippen LogP contribution is -2.00. The van der Waals surface area contributed by atoms with Crippen LogP contribution in [0.3, 0.4) is 0 Å². The molecule has 0 unspecified atom stereocenters. The number of fused-ring (bicyclic) bond motifs is 10. The van der Waals surface area contributed by atoms with Crippen LogP contribution < -0.4 is 0 Å².